The van der Waals surface area contributed by atoms with E-state index in [2.05, 4.69) is 5.32 Å². The van der Waals surface area contributed by atoms with Crippen LogP contribution >= 0.6 is 46.6 Å². The third-order valence-corrected chi connectivity index (χ3v) is 5.96. The van der Waals surface area contributed by atoms with Crippen LogP contribution in [0.5, 0.6) is 0 Å². The van der Waals surface area contributed by atoms with E-state index in [4.69, 9.17) is 34.8 Å². The maximum absolute atomic E-state index is 12.9. The first-order valence-electron chi connectivity index (χ1n) is 8.59. The largest absolute Gasteiger partial charge is 0.357 e. The first kappa shape index (κ1) is 22.9. The lowest BCUT2D eigenvalue weighted by atomic mass is 10.1. The van der Waals surface area contributed by atoms with Crippen molar-refractivity contribution >= 4 is 58.4 Å². The summed E-state index contributed by atoms with van der Waals surface area (Å²) in [6.07, 6.45) is 0. The predicted octanol–water partition coefficient (Wildman–Crippen LogP) is 5.04. The number of halogens is 3. The van der Waals surface area contributed by atoms with Crippen LogP contribution in [0.4, 0.5) is 0 Å². The van der Waals surface area contributed by atoms with Gasteiger partial charge in [0.1, 0.15) is 6.04 Å². The van der Waals surface area contributed by atoms with Crippen LogP contribution in [0, 0.1) is 0 Å². The van der Waals surface area contributed by atoms with E-state index in [1.54, 1.807) is 32.2 Å². The van der Waals surface area contributed by atoms with Crippen molar-refractivity contribution in [2.75, 3.05) is 12.8 Å². The van der Waals surface area contributed by atoms with Gasteiger partial charge >= 0.3 is 0 Å². The molecule has 150 valence electrons. The molecule has 2 amide bonds. The summed E-state index contributed by atoms with van der Waals surface area (Å²) in [7, 11) is 1.55. The van der Waals surface area contributed by atoms with Crippen molar-refractivity contribution in [3.8, 4) is 0 Å². The second-order valence-corrected chi connectivity index (χ2v) is 8.44. The van der Waals surface area contributed by atoms with Gasteiger partial charge in [-0.25, -0.2) is 0 Å². The fourth-order valence-electron chi connectivity index (χ4n) is 2.59. The zero-order valence-electron chi connectivity index (χ0n) is 15.5. The van der Waals surface area contributed by atoms with E-state index in [1.165, 1.54) is 16.7 Å². The van der Waals surface area contributed by atoms with Crippen LogP contribution in [-0.2, 0) is 21.9 Å². The Kier molecular flexibility index (Phi) is 8.96. The number of carbonyl (C=O) groups is 2. The molecule has 8 heteroatoms. The molecule has 4 nitrogen and oxygen atoms in total. The summed E-state index contributed by atoms with van der Waals surface area (Å²) in [5.74, 6) is 0.502. The molecule has 1 atom stereocenters. The van der Waals surface area contributed by atoms with E-state index >= 15 is 0 Å². The third-order valence-electron chi connectivity index (χ3n) is 4.15. The molecular formula is C20H21Cl3N2O2S. The van der Waals surface area contributed by atoms with Crippen LogP contribution in [0.15, 0.2) is 42.5 Å². The van der Waals surface area contributed by atoms with E-state index in [0.29, 0.717) is 20.8 Å². The molecule has 0 radical (unpaired) electrons. The Hall–Kier alpha value is -1.40. The summed E-state index contributed by atoms with van der Waals surface area (Å²) in [4.78, 5) is 26.5. The number of likely N-dealkylation sites (N-methyl/N-ethyl adjacent to an activating group) is 1. The van der Waals surface area contributed by atoms with Gasteiger partial charge in [-0.1, -0.05) is 53.0 Å². The number of nitrogens with zero attached hydrogens (tertiary/aromatic N) is 1. The van der Waals surface area contributed by atoms with Gasteiger partial charge in [-0.15, -0.1) is 11.8 Å². The minimum Gasteiger partial charge on any atom is -0.357 e. The maximum Gasteiger partial charge on any atom is 0.242 e. The van der Waals surface area contributed by atoms with Gasteiger partial charge in [0.2, 0.25) is 11.8 Å². The number of benzene rings is 2. The summed E-state index contributed by atoms with van der Waals surface area (Å²) in [5.41, 5.74) is 1.77. The first-order chi connectivity index (χ1) is 13.3. The highest BCUT2D eigenvalue weighted by molar-refractivity contribution is 7.99. The number of nitrogens with one attached hydrogen (secondary N) is 1. The molecule has 2 aromatic rings. The van der Waals surface area contributed by atoms with Crippen molar-refractivity contribution in [3.63, 3.8) is 0 Å². The average molecular weight is 460 g/mol. The molecule has 0 saturated carbocycles. The number of thioether (sulfide) groups is 1. The van der Waals surface area contributed by atoms with Gasteiger partial charge in [0.25, 0.3) is 0 Å². The second-order valence-electron chi connectivity index (χ2n) is 6.17. The Bertz CT molecular complexity index is 848. The van der Waals surface area contributed by atoms with Crippen molar-refractivity contribution < 1.29 is 9.59 Å². The van der Waals surface area contributed by atoms with Gasteiger partial charge in [0.05, 0.1) is 5.75 Å². The van der Waals surface area contributed by atoms with Crippen LogP contribution < -0.4 is 5.32 Å². The van der Waals surface area contributed by atoms with Crippen LogP contribution in [-0.4, -0.2) is 35.6 Å². The molecule has 0 aliphatic heterocycles. The van der Waals surface area contributed by atoms with Crippen LogP contribution in [0.2, 0.25) is 15.1 Å². The Labute approximate surface area is 184 Å². The lowest BCUT2D eigenvalue weighted by Crippen LogP contribution is -2.47. The fraction of sp³-hybridized carbons (Fsp3) is 0.300. The molecule has 0 bridgehead atoms. The number of rotatable bonds is 8. The number of amides is 2. The Morgan fingerprint density at radius 3 is 2.46 bits per heavy atom. The smallest absolute Gasteiger partial charge is 0.242 e. The molecule has 2 rings (SSSR count). The normalized spacial score (nSPS) is 11.8. The zero-order chi connectivity index (χ0) is 20.7. The highest BCUT2D eigenvalue weighted by Gasteiger charge is 2.26. The highest BCUT2D eigenvalue weighted by atomic mass is 35.5. The molecule has 0 saturated heterocycles. The van der Waals surface area contributed by atoms with E-state index in [9.17, 15) is 9.59 Å². The standard InChI is InChI=1S/C20H21Cl3N2O2S/c1-13(20(27)24-2)25(10-15-6-7-17(22)9-18(15)23)19(26)12-28-11-14-4-3-5-16(21)8-14/h3-9,13H,10-12H2,1-2H3,(H,24,27)/t13-/m1/s1. The van der Waals surface area contributed by atoms with Crippen LogP contribution in [0.3, 0.4) is 0 Å². The molecule has 0 fully saturated rings. The van der Waals surface area contributed by atoms with Gasteiger partial charge in [-0.3, -0.25) is 9.59 Å². The number of hydrogen-bond acceptors (Lipinski definition) is 3. The molecule has 0 heterocycles. The van der Waals surface area contributed by atoms with Gasteiger partial charge in [0, 0.05) is 34.4 Å². The minimum atomic E-state index is -0.629. The molecule has 1 N–H and O–H groups in total. The molecule has 0 aromatic heterocycles. The van der Waals surface area contributed by atoms with Crippen LogP contribution in [0.1, 0.15) is 18.1 Å². The molecule has 0 spiro atoms. The number of carbonyl (C=O) groups excluding carboxylic acids is 2. The van der Waals surface area contributed by atoms with Crippen molar-refractivity contribution in [2.45, 2.75) is 25.3 Å². The second kappa shape index (κ2) is 11.0. The summed E-state index contributed by atoms with van der Waals surface area (Å²) in [5, 5.41) is 4.23. The summed E-state index contributed by atoms with van der Waals surface area (Å²) in [6, 6.07) is 12.0. The molecule has 0 aliphatic rings. The van der Waals surface area contributed by atoms with Gasteiger partial charge in [0.15, 0.2) is 0 Å². The first-order valence-corrected chi connectivity index (χ1v) is 10.9. The van der Waals surface area contributed by atoms with E-state index < -0.39 is 6.04 Å². The van der Waals surface area contributed by atoms with Crippen molar-refractivity contribution in [3.05, 3.63) is 68.7 Å². The SMILES string of the molecule is CNC(=O)[C@@H](C)N(Cc1ccc(Cl)cc1Cl)C(=O)CSCc1cccc(Cl)c1. The van der Waals surface area contributed by atoms with Crippen molar-refractivity contribution in [1.29, 1.82) is 0 Å². The predicted molar refractivity (Wildman–Crippen MR) is 118 cm³/mol. The monoisotopic (exact) mass is 458 g/mol. The summed E-state index contributed by atoms with van der Waals surface area (Å²) >= 11 is 19.7. The fourth-order valence-corrected chi connectivity index (χ4v) is 4.13. The Balaban J connectivity index is 2.09. The quantitative estimate of drug-likeness (QED) is 0.601. The molecule has 28 heavy (non-hydrogen) atoms. The molecular weight excluding hydrogens is 439 g/mol. The van der Waals surface area contributed by atoms with Gasteiger partial charge in [-0.05, 0) is 42.3 Å². The Morgan fingerprint density at radius 2 is 1.82 bits per heavy atom. The lowest BCUT2D eigenvalue weighted by molar-refractivity contribution is -0.138. The van der Waals surface area contributed by atoms with Gasteiger partial charge < -0.3 is 10.2 Å². The highest BCUT2D eigenvalue weighted by Crippen LogP contribution is 2.24. The Morgan fingerprint density at radius 1 is 1.11 bits per heavy atom. The molecule has 0 aliphatic carbocycles. The van der Waals surface area contributed by atoms with Gasteiger partial charge in [-0.2, -0.15) is 0 Å². The third kappa shape index (κ3) is 6.59. The summed E-state index contributed by atoms with van der Waals surface area (Å²) in [6.45, 7) is 1.92. The maximum atomic E-state index is 12.9. The zero-order valence-corrected chi connectivity index (χ0v) is 18.6. The van der Waals surface area contributed by atoms with E-state index in [0.717, 1.165) is 11.1 Å². The van der Waals surface area contributed by atoms with Crippen molar-refractivity contribution in [1.82, 2.24) is 10.2 Å². The molecule has 2 aromatic carbocycles. The number of hydrogen-bond donors (Lipinski definition) is 1. The minimum absolute atomic E-state index is 0.144. The molecule has 0 unspecified atom stereocenters. The lowest BCUT2D eigenvalue weighted by Gasteiger charge is -2.28. The van der Waals surface area contributed by atoms with Crippen molar-refractivity contribution in [2.24, 2.45) is 0 Å². The topological polar surface area (TPSA) is 49.4 Å². The van der Waals surface area contributed by atoms with Crippen LogP contribution in [0.25, 0.3) is 0 Å². The average Bonchev–Trinajstić information content (AvgIpc) is 2.66. The van der Waals surface area contributed by atoms with E-state index in [-0.39, 0.29) is 24.1 Å². The van der Waals surface area contributed by atoms with E-state index in [1.807, 2.05) is 24.3 Å². The summed E-state index contributed by atoms with van der Waals surface area (Å²) < 4.78 is 0.